The predicted octanol–water partition coefficient (Wildman–Crippen LogP) is 3.12. The maximum absolute atomic E-state index is 11.9. The summed E-state index contributed by atoms with van der Waals surface area (Å²) >= 11 is 0. The van der Waals surface area contributed by atoms with Crippen molar-refractivity contribution in [2.45, 2.75) is 53.1 Å². The van der Waals surface area contributed by atoms with E-state index in [1.165, 1.54) is 43.5 Å². The second-order valence-electron chi connectivity index (χ2n) is 8.17. The van der Waals surface area contributed by atoms with E-state index in [4.69, 9.17) is 0 Å². The zero-order valence-corrected chi connectivity index (χ0v) is 20.7. The number of amides is 1. The number of nitrogens with zero attached hydrogens (tertiary/aromatic N) is 2. The van der Waals surface area contributed by atoms with Crippen molar-refractivity contribution in [3.05, 3.63) is 35.4 Å². The third-order valence-corrected chi connectivity index (χ3v) is 5.18. The highest BCUT2D eigenvalue weighted by molar-refractivity contribution is 14.0. The molecule has 29 heavy (non-hydrogen) atoms. The van der Waals surface area contributed by atoms with Gasteiger partial charge in [-0.25, -0.2) is 4.99 Å². The number of rotatable bonds is 8. The van der Waals surface area contributed by atoms with Crippen LogP contribution >= 0.6 is 24.0 Å². The Hall–Kier alpha value is -1.35. The Balaban J connectivity index is 0.00000420. The number of benzene rings is 1. The molecule has 6 nitrogen and oxygen atoms in total. The molecule has 1 fully saturated rings. The summed E-state index contributed by atoms with van der Waals surface area (Å²) in [5, 5.41) is 9.24. The highest BCUT2D eigenvalue weighted by atomic mass is 127. The molecular weight excluding hydrogens is 477 g/mol. The highest BCUT2D eigenvalue weighted by Gasteiger charge is 2.26. The molecule has 0 aromatic heterocycles. The molecule has 0 bridgehead atoms. The van der Waals surface area contributed by atoms with Gasteiger partial charge >= 0.3 is 0 Å². The number of guanidine groups is 1. The van der Waals surface area contributed by atoms with Crippen LogP contribution < -0.4 is 16.0 Å². The number of carbonyl (C=O) groups excluding carboxylic acids is 1. The van der Waals surface area contributed by atoms with Crippen LogP contribution in [0.5, 0.6) is 0 Å². The molecule has 0 saturated carbocycles. The molecule has 1 aromatic rings. The molecule has 0 atom stereocenters. The zero-order valence-electron chi connectivity index (χ0n) is 18.4. The van der Waals surface area contributed by atoms with Crippen molar-refractivity contribution in [3.8, 4) is 0 Å². The molecule has 164 valence electrons. The maximum atomic E-state index is 11.9. The molecule has 2 rings (SSSR count). The van der Waals surface area contributed by atoms with Gasteiger partial charge in [-0.3, -0.25) is 9.69 Å². The first-order chi connectivity index (χ1) is 13.4. The summed E-state index contributed by atoms with van der Waals surface area (Å²) in [6.07, 6.45) is 4.02. The zero-order chi connectivity index (χ0) is 20.4. The fourth-order valence-electron chi connectivity index (χ4n) is 3.36. The van der Waals surface area contributed by atoms with Crippen molar-refractivity contribution in [1.82, 2.24) is 20.9 Å². The van der Waals surface area contributed by atoms with E-state index in [2.05, 4.69) is 50.1 Å². The van der Waals surface area contributed by atoms with E-state index >= 15 is 0 Å². The van der Waals surface area contributed by atoms with Crippen LogP contribution in [0.1, 0.15) is 51.2 Å². The SMILES string of the molecule is CCNC(=NCc1ccc(CN2CCCCC2)cc1)NCC(C)(C)C(=O)NC.I. The first-order valence-corrected chi connectivity index (χ1v) is 10.5. The second-order valence-corrected chi connectivity index (χ2v) is 8.17. The largest absolute Gasteiger partial charge is 0.359 e. The Morgan fingerprint density at radius 1 is 1.07 bits per heavy atom. The summed E-state index contributed by atoms with van der Waals surface area (Å²) in [6.45, 7) is 11.3. The fourth-order valence-corrected chi connectivity index (χ4v) is 3.36. The number of aliphatic imine (C=N–C) groups is 1. The van der Waals surface area contributed by atoms with E-state index in [1.54, 1.807) is 7.05 Å². The number of halogens is 1. The molecule has 3 N–H and O–H groups in total. The lowest BCUT2D eigenvalue weighted by atomic mass is 9.92. The van der Waals surface area contributed by atoms with Crippen LogP contribution in [-0.2, 0) is 17.9 Å². The van der Waals surface area contributed by atoms with Crippen LogP contribution in [-0.4, -0.2) is 50.0 Å². The number of hydrogen-bond donors (Lipinski definition) is 3. The molecule has 1 aromatic carbocycles. The molecule has 1 saturated heterocycles. The van der Waals surface area contributed by atoms with Gasteiger partial charge in [-0.05, 0) is 57.8 Å². The molecule has 1 aliphatic heterocycles. The van der Waals surface area contributed by atoms with Gasteiger partial charge < -0.3 is 16.0 Å². The number of piperidine rings is 1. The van der Waals surface area contributed by atoms with Gasteiger partial charge in [0.2, 0.25) is 5.91 Å². The van der Waals surface area contributed by atoms with E-state index in [1.807, 2.05) is 20.8 Å². The fraction of sp³-hybridized carbons (Fsp3) is 0.636. The van der Waals surface area contributed by atoms with Gasteiger partial charge in [-0.1, -0.05) is 30.7 Å². The molecule has 0 unspecified atom stereocenters. The number of nitrogens with one attached hydrogen (secondary N) is 3. The number of carbonyl (C=O) groups is 1. The van der Waals surface area contributed by atoms with Crippen molar-refractivity contribution in [2.24, 2.45) is 10.4 Å². The van der Waals surface area contributed by atoms with Crippen molar-refractivity contribution in [2.75, 3.05) is 33.2 Å². The number of likely N-dealkylation sites (tertiary alicyclic amines) is 1. The smallest absolute Gasteiger partial charge is 0.227 e. The van der Waals surface area contributed by atoms with E-state index < -0.39 is 5.41 Å². The molecule has 7 heteroatoms. The van der Waals surface area contributed by atoms with Crippen LogP contribution in [0.4, 0.5) is 0 Å². The Labute approximate surface area is 193 Å². The van der Waals surface area contributed by atoms with Crippen LogP contribution in [0.2, 0.25) is 0 Å². The van der Waals surface area contributed by atoms with Gasteiger partial charge in [0.05, 0.1) is 12.0 Å². The molecule has 1 aliphatic rings. The van der Waals surface area contributed by atoms with Gasteiger partial charge in [0.25, 0.3) is 0 Å². The lowest BCUT2D eigenvalue weighted by Crippen LogP contribution is -2.47. The predicted molar refractivity (Wildman–Crippen MR) is 132 cm³/mol. The summed E-state index contributed by atoms with van der Waals surface area (Å²) in [6, 6.07) is 8.77. The van der Waals surface area contributed by atoms with E-state index in [0.29, 0.717) is 13.1 Å². The minimum absolute atomic E-state index is 0. The molecule has 1 amide bonds. The Morgan fingerprint density at radius 2 is 1.69 bits per heavy atom. The van der Waals surface area contributed by atoms with Crippen LogP contribution in [0.3, 0.4) is 0 Å². The minimum Gasteiger partial charge on any atom is -0.359 e. The number of hydrogen-bond acceptors (Lipinski definition) is 3. The van der Waals surface area contributed by atoms with Crippen LogP contribution in [0.25, 0.3) is 0 Å². The first kappa shape index (κ1) is 25.7. The molecule has 0 aliphatic carbocycles. The Bertz CT molecular complexity index is 639. The van der Waals surface area contributed by atoms with E-state index in [-0.39, 0.29) is 29.9 Å². The summed E-state index contributed by atoms with van der Waals surface area (Å²) < 4.78 is 0. The van der Waals surface area contributed by atoms with Gasteiger partial charge in [0.1, 0.15) is 0 Å². The third kappa shape index (κ3) is 8.90. The van der Waals surface area contributed by atoms with Crippen molar-refractivity contribution >= 4 is 35.8 Å². The summed E-state index contributed by atoms with van der Waals surface area (Å²) in [5.74, 6) is 0.747. The average molecular weight is 515 g/mol. The normalized spacial score (nSPS) is 15.4. The topological polar surface area (TPSA) is 68.8 Å². The Morgan fingerprint density at radius 3 is 2.28 bits per heavy atom. The van der Waals surface area contributed by atoms with Gasteiger partial charge in [-0.15, -0.1) is 24.0 Å². The second kappa shape index (κ2) is 13.1. The van der Waals surface area contributed by atoms with Gasteiger partial charge in [0, 0.05) is 26.7 Å². The molecule has 1 heterocycles. The van der Waals surface area contributed by atoms with Crippen molar-refractivity contribution in [3.63, 3.8) is 0 Å². The van der Waals surface area contributed by atoms with Crippen LogP contribution in [0, 0.1) is 5.41 Å². The van der Waals surface area contributed by atoms with E-state index in [9.17, 15) is 4.79 Å². The summed E-state index contributed by atoms with van der Waals surface area (Å²) in [7, 11) is 1.67. The highest BCUT2D eigenvalue weighted by Crippen LogP contribution is 2.14. The first-order valence-electron chi connectivity index (χ1n) is 10.5. The van der Waals surface area contributed by atoms with Gasteiger partial charge in [0.15, 0.2) is 5.96 Å². The lowest BCUT2D eigenvalue weighted by Gasteiger charge is -2.26. The summed E-state index contributed by atoms with van der Waals surface area (Å²) in [5.41, 5.74) is 2.05. The Kier molecular flexibility index (Phi) is 11.6. The average Bonchev–Trinajstić information content (AvgIpc) is 2.71. The quantitative estimate of drug-likeness (QED) is 0.283. The monoisotopic (exact) mass is 515 g/mol. The van der Waals surface area contributed by atoms with E-state index in [0.717, 1.165) is 19.0 Å². The van der Waals surface area contributed by atoms with Crippen molar-refractivity contribution in [1.29, 1.82) is 0 Å². The lowest BCUT2D eigenvalue weighted by molar-refractivity contribution is -0.128. The van der Waals surface area contributed by atoms with Crippen molar-refractivity contribution < 1.29 is 4.79 Å². The molecule has 0 spiro atoms. The molecule has 0 radical (unpaired) electrons. The van der Waals surface area contributed by atoms with Gasteiger partial charge in [-0.2, -0.15) is 0 Å². The van der Waals surface area contributed by atoms with Crippen LogP contribution in [0.15, 0.2) is 29.3 Å². The third-order valence-electron chi connectivity index (χ3n) is 5.18. The standard InChI is InChI=1S/C22H37N5O.HI/c1-5-24-21(26-17-22(2,3)20(28)23-4)25-15-18-9-11-19(12-10-18)16-27-13-7-6-8-14-27;/h9-12H,5-8,13-17H2,1-4H3,(H,23,28)(H2,24,25,26);1H. The minimum atomic E-state index is -0.499. The molecular formula is C22H38IN5O. The maximum Gasteiger partial charge on any atom is 0.227 e. The summed E-state index contributed by atoms with van der Waals surface area (Å²) in [4.78, 5) is 19.2.